The molecule has 0 unspecified atom stereocenters. The van der Waals surface area contributed by atoms with Gasteiger partial charge in [-0.3, -0.25) is 0 Å². The summed E-state index contributed by atoms with van der Waals surface area (Å²) < 4.78 is 5.61. The van der Waals surface area contributed by atoms with Crippen molar-refractivity contribution in [3.63, 3.8) is 0 Å². The van der Waals surface area contributed by atoms with Crippen LogP contribution in [0.5, 0.6) is 11.5 Å². The number of hydrogen-bond donors (Lipinski definition) is 1. The van der Waals surface area contributed by atoms with Crippen LogP contribution >= 0.6 is 0 Å². The van der Waals surface area contributed by atoms with E-state index in [0.29, 0.717) is 17.1 Å². The molecule has 0 aliphatic carbocycles. The van der Waals surface area contributed by atoms with Crippen molar-refractivity contribution in [3.8, 4) is 17.6 Å². The summed E-state index contributed by atoms with van der Waals surface area (Å²) in [6.07, 6.45) is 0. The Labute approximate surface area is 104 Å². The van der Waals surface area contributed by atoms with E-state index in [1.54, 1.807) is 30.3 Å². The lowest BCUT2D eigenvalue weighted by Crippen LogP contribution is -1.97. The first-order valence-corrected chi connectivity index (χ1v) is 5.29. The lowest BCUT2D eigenvalue weighted by Gasteiger charge is -2.06. The van der Waals surface area contributed by atoms with Crippen LogP contribution in [0.25, 0.3) is 0 Å². The van der Waals surface area contributed by atoms with Crippen LogP contribution in [-0.2, 0) is 0 Å². The maximum atomic E-state index is 8.78. The number of benzene rings is 2. The summed E-state index contributed by atoms with van der Waals surface area (Å²) in [4.78, 5) is 0. The Morgan fingerprint density at radius 3 is 2.44 bits per heavy atom. The van der Waals surface area contributed by atoms with Crippen molar-refractivity contribution in [1.29, 1.82) is 5.26 Å². The molecule has 0 bridgehead atoms. The third kappa shape index (κ3) is 2.66. The number of para-hydroxylation sites is 1. The zero-order chi connectivity index (χ0) is 12.8. The molecule has 0 aliphatic rings. The van der Waals surface area contributed by atoms with Crippen LogP contribution in [0.3, 0.4) is 0 Å². The van der Waals surface area contributed by atoms with E-state index in [4.69, 9.17) is 15.2 Å². The van der Waals surface area contributed by atoms with Gasteiger partial charge in [-0.15, -0.1) is 0 Å². The van der Waals surface area contributed by atoms with Gasteiger partial charge in [-0.1, -0.05) is 35.5 Å². The first-order valence-electron chi connectivity index (χ1n) is 5.29. The molecule has 2 aromatic rings. The quantitative estimate of drug-likeness (QED) is 0.507. The number of rotatable bonds is 3. The third-order valence-electron chi connectivity index (χ3n) is 2.29. The van der Waals surface area contributed by atoms with Crippen LogP contribution in [0.1, 0.15) is 5.56 Å². The Kier molecular flexibility index (Phi) is 3.57. The number of nitriles is 1. The molecule has 88 valence electrons. The van der Waals surface area contributed by atoms with E-state index in [-0.39, 0.29) is 5.71 Å². The normalized spacial score (nSPS) is 10.7. The van der Waals surface area contributed by atoms with Gasteiger partial charge in [0, 0.05) is 5.56 Å². The summed E-state index contributed by atoms with van der Waals surface area (Å²) in [5.41, 5.74) is 0.460. The van der Waals surface area contributed by atoms with Gasteiger partial charge >= 0.3 is 0 Å². The van der Waals surface area contributed by atoms with Gasteiger partial charge in [-0.25, -0.2) is 0 Å². The summed E-state index contributed by atoms with van der Waals surface area (Å²) in [5, 5.41) is 20.4. The fourth-order valence-corrected chi connectivity index (χ4v) is 1.48. The monoisotopic (exact) mass is 238 g/mol. The van der Waals surface area contributed by atoms with Crippen molar-refractivity contribution in [3.05, 3.63) is 60.2 Å². The maximum absolute atomic E-state index is 8.78. The van der Waals surface area contributed by atoms with Gasteiger partial charge in [0.05, 0.1) is 0 Å². The zero-order valence-corrected chi connectivity index (χ0v) is 9.45. The molecule has 0 saturated carbocycles. The Morgan fingerprint density at radius 2 is 1.78 bits per heavy atom. The largest absolute Gasteiger partial charge is 0.457 e. The molecule has 4 nitrogen and oxygen atoms in total. The van der Waals surface area contributed by atoms with Gasteiger partial charge in [-0.05, 0) is 24.3 Å². The van der Waals surface area contributed by atoms with Gasteiger partial charge in [0.25, 0.3) is 0 Å². The van der Waals surface area contributed by atoms with Crippen molar-refractivity contribution in [1.82, 2.24) is 0 Å². The molecule has 2 aromatic carbocycles. The molecule has 0 aliphatic heterocycles. The first-order chi connectivity index (χ1) is 8.83. The minimum absolute atomic E-state index is 0.0477. The maximum Gasteiger partial charge on any atom is 0.186 e. The summed E-state index contributed by atoms with van der Waals surface area (Å²) in [6, 6.07) is 17.9. The fraction of sp³-hybridized carbons (Fsp3) is 0. The molecule has 2 rings (SSSR count). The van der Waals surface area contributed by atoms with E-state index >= 15 is 0 Å². The molecule has 0 heterocycles. The second-order valence-electron chi connectivity index (χ2n) is 3.50. The molecule has 1 N–H and O–H groups in total. The Hall–Kier alpha value is -2.80. The Balaban J connectivity index is 2.26. The predicted octanol–water partition coefficient (Wildman–Crippen LogP) is 3.18. The highest BCUT2D eigenvalue weighted by molar-refractivity contribution is 6.11. The highest BCUT2D eigenvalue weighted by atomic mass is 16.5. The molecular weight excluding hydrogens is 228 g/mol. The highest BCUT2D eigenvalue weighted by Gasteiger charge is 2.05. The van der Waals surface area contributed by atoms with Crippen LogP contribution in [0.15, 0.2) is 59.8 Å². The van der Waals surface area contributed by atoms with Gasteiger partial charge in [0.15, 0.2) is 5.71 Å². The van der Waals surface area contributed by atoms with E-state index in [0.717, 1.165) is 0 Å². The second-order valence-corrected chi connectivity index (χ2v) is 3.50. The summed E-state index contributed by atoms with van der Waals surface area (Å²) in [6.45, 7) is 0. The first kappa shape index (κ1) is 11.7. The van der Waals surface area contributed by atoms with E-state index in [1.165, 1.54) is 0 Å². The molecule has 0 radical (unpaired) electrons. The number of nitrogens with zero attached hydrogens (tertiary/aromatic N) is 2. The Morgan fingerprint density at radius 1 is 1.06 bits per heavy atom. The molecule has 0 fully saturated rings. The Bertz CT molecular complexity index is 601. The highest BCUT2D eigenvalue weighted by Crippen LogP contribution is 2.21. The lowest BCUT2D eigenvalue weighted by molar-refractivity contribution is 0.320. The molecule has 18 heavy (non-hydrogen) atoms. The molecule has 0 aromatic heterocycles. The van der Waals surface area contributed by atoms with Crippen LogP contribution < -0.4 is 4.74 Å². The molecule has 0 spiro atoms. The van der Waals surface area contributed by atoms with Crippen molar-refractivity contribution < 1.29 is 9.94 Å². The molecule has 0 saturated heterocycles. The average Bonchev–Trinajstić information content (AvgIpc) is 2.42. The number of ether oxygens (including phenoxy) is 1. The van der Waals surface area contributed by atoms with E-state index in [2.05, 4.69) is 5.16 Å². The SMILES string of the molecule is N#C/C(=N\O)c1cccc(Oc2ccccc2)c1. The van der Waals surface area contributed by atoms with Gasteiger partial charge in [0.2, 0.25) is 0 Å². The smallest absolute Gasteiger partial charge is 0.186 e. The predicted molar refractivity (Wildman–Crippen MR) is 66.9 cm³/mol. The van der Waals surface area contributed by atoms with Crippen molar-refractivity contribution in [2.45, 2.75) is 0 Å². The number of hydrogen-bond acceptors (Lipinski definition) is 4. The molecule has 0 amide bonds. The minimum atomic E-state index is -0.0477. The topological polar surface area (TPSA) is 65.6 Å². The number of oxime groups is 1. The lowest BCUT2D eigenvalue weighted by atomic mass is 10.1. The van der Waals surface area contributed by atoms with E-state index in [9.17, 15) is 0 Å². The van der Waals surface area contributed by atoms with Crippen LogP contribution in [-0.4, -0.2) is 10.9 Å². The fourth-order valence-electron chi connectivity index (χ4n) is 1.48. The third-order valence-corrected chi connectivity index (χ3v) is 2.29. The zero-order valence-electron chi connectivity index (χ0n) is 9.45. The average molecular weight is 238 g/mol. The van der Waals surface area contributed by atoms with Crippen LogP contribution in [0.2, 0.25) is 0 Å². The summed E-state index contributed by atoms with van der Waals surface area (Å²) >= 11 is 0. The van der Waals surface area contributed by atoms with Gasteiger partial charge in [-0.2, -0.15) is 5.26 Å². The van der Waals surface area contributed by atoms with E-state index in [1.807, 2.05) is 30.3 Å². The minimum Gasteiger partial charge on any atom is -0.457 e. The standard InChI is InChI=1S/C14H10N2O2/c15-10-14(16-17)11-5-4-8-13(9-11)18-12-6-2-1-3-7-12/h1-9,17H/b16-14+. The van der Waals surface area contributed by atoms with Gasteiger partial charge in [0.1, 0.15) is 17.6 Å². The second kappa shape index (κ2) is 5.51. The van der Waals surface area contributed by atoms with Crippen molar-refractivity contribution in [2.24, 2.45) is 5.16 Å². The summed E-state index contributed by atoms with van der Waals surface area (Å²) in [7, 11) is 0. The van der Waals surface area contributed by atoms with Crippen molar-refractivity contribution >= 4 is 5.71 Å². The molecular formula is C14H10N2O2. The van der Waals surface area contributed by atoms with Crippen LogP contribution in [0, 0.1) is 11.3 Å². The molecule has 0 atom stereocenters. The molecule has 4 heteroatoms. The van der Waals surface area contributed by atoms with Crippen molar-refractivity contribution in [2.75, 3.05) is 0 Å². The van der Waals surface area contributed by atoms with Crippen LogP contribution in [0.4, 0.5) is 0 Å². The summed E-state index contributed by atoms with van der Waals surface area (Å²) in [5.74, 6) is 1.28. The van der Waals surface area contributed by atoms with Gasteiger partial charge < -0.3 is 9.94 Å². The van der Waals surface area contributed by atoms with E-state index < -0.39 is 0 Å².